The highest BCUT2D eigenvalue weighted by molar-refractivity contribution is 7.55. The summed E-state index contributed by atoms with van der Waals surface area (Å²) < 4.78 is 0. The van der Waals surface area contributed by atoms with Gasteiger partial charge in [-0.2, -0.15) is 0 Å². The van der Waals surface area contributed by atoms with Gasteiger partial charge in [0.2, 0.25) is 0 Å². The van der Waals surface area contributed by atoms with Crippen molar-refractivity contribution in [2.75, 3.05) is 38.0 Å². The molecule has 0 saturated heterocycles. The molecule has 0 N–H and O–H groups in total. The van der Waals surface area contributed by atoms with E-state index in [9.17, 15) is 0 Å². The Morgan fingerprint density at radius 2 is 1.21 bits per heavy atom. The van der Waals surface area contributed by atoms with E-state index in [0.29, 0.717) is 8.58 Å². The summed E-state index contributed by atoms with van der Waals surface area (Å²) in [6.45, 7) is 7.00. The molecule has 0 spiro atoms. The van der Waals surface area contributed by atoms with E-state index in [4.69, 9.17) is 0 Å². The minimum absolute atomic E-state index is 0.0384. The van der Waals surface area contributed by atoms with Crippen LogP contribution < -0.4 is 20.4 Å². The minimum Gasteiger partial charge on any atom is -0.377 e. The topological polar surface area (TPSA) is 6.48 Å². The summed E-state index contributed by atoms with van der Waals surface area (Å²) in [6, 6.07) is 24.3. The van der Waals surface area contributed by atoms with Gasteiger partial charge in [0.15, 0.2) is 0 Å². The van der Waals surface area contributed by atoms with Gasteiger partial charge in [0.05, 0.1) is 0 Å². The van der Waals surface area contributed by atoms with E-state index in [-0.39, 0.29) is 5.41 Å². The molecule has 0 radical (unpaired) electrons. The summed E-state index contributed by atoms with van der Waals surface area (Å²) >= 11 is 0. The molecule has 0 bridgehead atoms. The van der Waals surface area contributed by atoms with Crippen LogP contribution in [0.25, 0.3) is 11.1 Å². The number of benzene rings is 3. The van der Waals surface area contributed by atoms with E-state index in [1.165, 1.54) is 38.7 Å². The van der Waals surface area contributed by atoms with Crippen LogP contribution in [0.2, 0.25) is 0 Å². The van der Waals surface area contributed by atoms with Crippen molar-refractivity contribution in [2.45, 2.75) is 26.2 Å². The molecule has 1 unspecified atom stereocenters. The van der Waals surface area contributed by atoms with Gasteiger partial charge in [-0.15, -0.1) is 0 Å². The van der Waals surface area contributed by atoms with E-state index in [1.54, 1.807) is 0 Å². The van der Waals surface area contributed by atoms with Crippen molar-refractivity contribution in [3.05, 3.63) is 72.3 Å². The Balaban J connectivity index is 2.30. The van der Waals surface area contributed by atoms with Crippen molar-refractivity contribution in [3.63, 3.8) is 0 Å². The molecular weight excluding hydrogens is 371 g/mol. The molecule has 0 fully saturated rings. The normalized spacial score (nSPS) is 11.8. The molecule has 1 atom stereocenters. The van der Waals surface area contributed by atoms with Crippen LogP contribution in [0.15, 0.2) is 66.7 Å². The van der Waals surface area contributed by atoms with Crippen LogP contribution in [0.4, 0.5) is 11.4 Å². The maximum Gasteiger partial charge on any atom is 0.0461 e. The second kappa shape index (κ2) is 8.59. The molecule has 3 rings (SSSR count). The fourth-order valence-corrected chi connectivity index (χ4v) is 5.38. The maximum absolute atomic E-state index is 2.33. The number of nitrogens with zero attached hydrogens (tertiary/aromatic N) is 2. The van der Waals surface area contributed by atoms with Crippen LogP contribution in [0, 0.1) is 0 Å². The van der Waals surface area contributed by atoms with Crippen molar-refractivity contribution < 1.29 is 0 Å². The molecule has 0 aliphatic heterocycles. The summed E-state index contributed by atoms with van der Waals surface area (Å²) in [5.41, 5.74) is 6.64. The molecule has 0 aromatic heterocycles. The van der Waals surface area contributed by atoms with Gasteiger partial charge >= 0.3 is 0 Å². The number of hydrogen-bond acceptors (Lipinski definition) is 2. The molecule has 0 heterocycles. The predicted molar refractivity (Wildman–Crippen MR) is 133 cm³/mol. The van der Waals surface area contributed by atoms with Crippen LogP contribution in [-0.2, 0) is 5.41 Å². The molecule has 152 valence electrons. The second-order valence-electron chi connectivity index (χ2n) is 8.93. The lowest BCUT2D eigenvalue weighted by Gasteiger charge is -2.31. The fraction of sp³-hybridized carbons (Fsp3) is 0.308. The largest absolute Gasteiger partial charge is 0.377 e. The zero-order valence-electron chi connectivity index (χ0n) is 18.7. The maximum atomic E-state index is 2.33. The van der Waals surface area contributed by atoms with E-state index < -0.39 is 0 Å². The van der Waals surface area contributed by atoms with Gasteiger partial charge < -0.3 is 9.80 Å². The quantitative estimate of drug-likeness (QED) is 0.525. The summed E-state index contributed by atoms with van der Waals surface area (Å²) in [5, 5.41) is 2.81. The van der Waals surface area contributed by atoms with Gasteiger partial charge in [-0.1, -0.05) is 83.9 Å². The molecule has 3 aromatic carbocycles. The Kier molecular flexibility index (Phi) is 6.34. The summed E-state index contributed by atoms with van der Waals surface area (Å²) in [4.78, 5) is 4.45. The Morgan fingerprint density at radius 3 is 1.72 bits per heavy atom. The molecule has 0 amide bonds. The summed E-state index contributed by atoms with van der Waals surface area (Å²) in [5.74, 6) is 0. The highest BCUT2D eigenvalue weighted by Gasteiger charge is 2.26. The summed E-state index contributed by atoms with van der Waals surface area (Å²) in [6.07, 6.45) is 0. The van der Waals surface area contributed by atoms with Gasteiger partial charge in [0.25, 0.3) is 0 Å². The first-order valence-electron chi connectivity index (χ1n) is 10.1. The van der Waals surface area contributed by atoms with Crippen LogP contribution in [0.3, 0.4) is 0 Å². The van der Waals surface area contributed by atoms with Gasteiger partial charge in [0.1, 0.15) is 0 Å². The lowest BCUT2D eigenvalue weighted by molar-refractivity contribution is 0.596. The Hall–Kier alpha value is -2.31. The Morgan fingerprint density at radius 1 is 0.655 bits per heavy atom. The van der Waals surface area contributed by atoms with E-state index in [1.807, 2.05) is 0 Å². The minimum atomic E-state index is 0.0384. The summed E-state index contributed by atoms with van der Waals surface area (Å²) in [7, 11) is 9.16. The van der Waals surface area contributed by atoms with E-state index >= 15 is 0 Å². The lowest BCUT2D eigenvalue weighted by Crippen LogP contribution is -2.24. The monoisotopic (exact) mass is 404 g/mol. The van der Waals surface area contributed by atoms with Gasteiger partial charge in [-0.25, -0.2) is 0 Å². The lowest BCUT2D eigenvalue weighted by atomic mass is 9.81. The van der Waals surface area contributed by atoms with Crippen LogP contribution in [-0.4, -0.2) is 28.2 Å². The van der Waals surface area contributed by atoms with Crippen LogP contribution in [0.5, 0.6) is 0 Å². The zero-order valence-corrected chi connectivity index (χ0v) is 19.7. The fourth-order valence-electron chi connectivity index (χ4n) is 3.90. The highest BCUT2D eigenvalue weighted by atomic mass is 31.1. The molecule has 29 heavy (non-hydrogen) atoms. The van der Waals surface area contributed by atoms with Gasteiger partial charge in [-0.05, 0) is 39.3 Å². The first kappa shape index (κ1) is 21.4. The van der Waals surface area contributed by atoms with Crippen molar-refractivity contribution in [1.29, 1.82) is 0 Å². The molecule has 3 heteroatoms. The van der Waals surface area contributed by atoms with Crippen LogP contribution in [0.1, 0.15) is 26.3 Å². The van der Waals surface area contributed by atoms with Crippen molar-refractivity contribution in [1.82, 2.24) is 0 Å². The first-order chi connectivity index (χ1) is 13.7. The average molecular weight is 405 g/mol. The average Bonchev–Trinajstić information content (AvgIpc) is 2.67. The number of rotatable bonds is 5. The molecule has 3 aromatic rings. The van der Waals surface area contributed by atoms with Crippen molar-refractivity contribution >= 4 is 30.6 Å². The molecule has 2 nitrogen and oxygen atoms in total. The molecular formula is C26H33N2P. The number of hydrogen-bond donors (Lipinski definition) is 0. The molecule has 0 aliphatic carbocycles. The third-order valence-electron chi connectivity index (χ3n) is 5.12. The van der Waals surface area contributed by atoms with Crippen LogP contribution >= 0.6 is 8.58 Å². The van der Waals surface area contributed by atoms with Crippen molar-refractivity contribution in [3.8, 4) is 11.1 Å². The SMILES string of the molecule is CN(C)c1cccc(N(C)C)c1-c1cccc(Pc2ccccc2)c1C(C)(C)C. The Labute approximate surface area is 178 Å². The van der Waals surface area contributed by atoms with Gasteiger partial charge in [-0.3, -0.25) is 0 Å². The smallest absolute Gasteiger partial charge is 0.0461 e. The molecule has 0 saturated carbocycles. The standard InChI is InChI=1S/C26H33N2P/c1-26(2,3)25-20(15-11-18-23(25)29-19-13-9-8-10-14-19)24-21(27(4)5)16-12-17-22(24)28(6)7/h8-18,29H,1-7H3. The molecule has 0 aliphatic rings. The van der Waals surface area contributed by atoms with Gasteiger partial charge in [0, 0.05) is 45.1 Å². The first-order valence-corrected chi connectivity index (χ1v) is 11.1. The van der Waals surface area contributed by atoms with Crippen molar-refractivity contribution in [2.24, 2.45) is 0 Å². The third kappa shape index (κ3) is 4.65. The second-order valence-corrected chi connectivity index (χ2v) is 10.3. The van der Waals surface area contributed by atoms with E-state index in [0.717, 1.165) is 0 Å². The third-order valence-corrected chi connectivity index (χ3v) is 6.43. The van der Waals surface area contributed by atoms with E-state index in [2.05, 4.69) is 125 Å². The highest BCUT2D eigenvalue weighted by Crippen LogP contribution is 2.43. The zero-order chi connectivity index (χ0) is 21.2. The Bertz CT molecular complexity index is 943. The number of anilines is 2. The predicted octanol–water partition coefficient (Wildman–Crippen LogP) is 5.41.